The molecule has 6 nitrogen and oxygen atoms in total. The van der Waals surface area contributed by atoms with Crippen molar-refractivity contribution in [3.63, 3.8) is 0 Å². The number of hydrogen-bond donors (Lipinski definition) is 0. The fraction of sp³-hybridized carbons (Fsp3) is 0.682. The molecule has 2 bridgehead atoms. The molecule has 2 saturated heterocycles. The molecule has 13 heteroatoms. The molecule has 2 fully saturated rings. The van der Waals surface area contributed by atoms with E-state index in [4.69, 9.17) is 4.74 Å². The number of nitrogens with zero attached hydrogens (tertiary/aromatic N) is 5. The highest BCUT2D eigenvalue weighted by molar-refractivity contribution is 7.97. The second kappa shape index (κ2) is 9.55. The first-order chi connectivity index (χ1) is 16.4. The highest BCUT2D eigenvalue weighted by atomic mass is 32.2. The maximum atomic E-state index is 13.2. The Kier molecular flexibility index (Phi) is 7.15. The summed E-state index contributed by atoms with van der Waals surface area (Å²) in [6.45, 7) is 4.43. The van der Waals surface area contributed by atoms with Gasteiger partial charge in [-0.25, -0.2) is 0 Å². The third-order valence-corrected chi connectivity index (χ3v) is 7.55. The number of rotatable bonds is 7. The van der Waals surface area contributed by atoms with E-state index in [-0.39, 0.29) is 36.3 Å². The Morgan fingerprint density at radius 1 is 1.09 bits per heavy atom. The average Bonchev–Trinajstić information content (AvgIpc) is 3.31. The minimum absolute atomic E-state index is 0.0227. The van der Waals surface area contributed by atoms with Crippen LogP contribution in [0.1, 0.15) is 61.5 Å². The number of tetrazole rings is 1. The van der Waals surface area contributed by atoms with Gasteiger partial charge in [0.25, 0.3) is 0 Å². The molecule has 35 heavy (non-hydrogen) atoms. The first kappa shape index (κ1) is 26.2. The molecule has 4 atom stereocenters. The lowest BCUT2D eigenvalue weighted by molar-refractivity contribution is -0.143. The van der Waals surface area contributed by atoms with Crippen molar-refractivity contribution in [2.24, 2.45) is 0 Å². The third-order valence-electron chi connectivity index (χ3n) is 7.06. The van der Waals surface area contributed by atoms with Crippen molar-refractivity contribution in [1.82, 2.24) is 25.1 Å². The second-order valence-corrected chi connectivity index (χ2v) is 10.1. The summed E-state index contributed by atoms with van der Waals surface area (Å²) in [7, 11) is 0. The van der Waals surface area contributed by atoms with Crippen LogP contribution in [-0.2, 0) is 29.6 Å². The quantitative estimate of drug-likeness (QED) is 0.457. The molecule has 4 unspecified atom stereocenters. The zero-order chi connectivity index (χ0) is 25.6. The number of benzene rings is 1. The maximum Gasteiger partial charge on any atom is 0.416 e. The maximum absolute atomic E-state index is 13.2. The summed E-state index contributed by atoms with van der Waals surface area (Å²) in [4.78, 5) is 3.84. The summed E-state index contributed by atoms with van der Waals surface area (Å²) in [6.07, 6.45) is -6.15. The van der Waals surface area contributed by atoms with E-state index >= 15 is 0 Å². The van der Waals surface area contributed by atoms with E-state index in [1.54, 1.807) is 16.6 Å². The second-order valence-electron chi connectivity index (χ2n) is 9.25. The van der Waals surface area contributed by atoms with E-state index in [9.17, 15) is 26.3 Å². The Morgan fingerprint density at radius 3 is 2.31 bits per heavy atom. The number of ether oxygens (including phenoxy) is 1. The molecule has 0 spiro atoms. The Hall–Kier alpha value is -1.86. The molecule has 2 aliphatic heterocycles. The molecule has 1 aromatic carbocycles. The fourth-order valence-corrected chi connectivity index (χ4v) is 5.94. The summed E-state index contributed by atoms with van der Waals surface area (Å²) in [5.74, 6) is 1.26. The Balaban J connectivity index is 1.55. The summed E-state index contributed by atoms with van der Waals surface area (Å²) in [5, 5.41) is 12.9. The van der Waals surface area contributed by atoms with E-state index in [0.717, 1.165) is 25.1 Å². The van der Waals surface area contributed by atoms with Crippen molar-refractivity contribution >= 4 is 11.8 Å². The molecule has 0 aliphatic carbocycles. The Morgan fingerprint density at radius 2 is 1.74 bits per heavy atom. The van der Waals surface area contributed by atoms with Gasteiger partial charge < -0.3 is 4.74 Å². The fourth-order valence-electron chi connectivity index (χ4n) is 5.60. The predicted molar refractivity (Wildman–Crippen MR) is 118 cm³/mol. The first-order valence-corrected chi connectivity index (χ1v) is 12.7. The van der Waals surface area contributed by atoms with Gasteiger partial charge in [0.15, 0.2) is 5.82 Å². The molecule has 1 aromatic heterocycles. The van der Waals surface area contributed by atoms with Crippen molar-refractivity contribution in [2.45, 2.75) is 81.5 Å². The van der Waals surface area contributed by atoms with Crippen LogP contribution in [0.3, 0.4) is 0 Å². The lowest BCUT2D eigenvalue weighted by Gasteiger charge is -2.47. The molecule has 0 saturated carbocycles. The van der Waals surface area contributed by atoms with E-state index < -0.39 is 29.0 Å². The van der Waals surface area contributed by atoms with Gasteiger partial charge in [-0.1, -0.05) is 6.92 Å². The van der Waals surface area contributed by atoms with Crippen LogP contribution in [0.5, 0.6) is 0 Å². The van der Waals surface area contributed by atoms with E-state index in [2.05, 4.69) is 20.3 Å². The zero-order valence-corrected chi connectivity index (χ0v) is 20.3. The predicted octanol–water partition coefficient (Wildman–Crippen LogP) is 5.35. The molecule has 0 amide bonds. The normalized spacial score (nSPS) is 27.5. The van der Waals surface area contributed by atoms with Gasteiger partial charge in [0, 0.05) is 17.5 Å². The summed E-state index contributed by atoms with van der Waals surface area (Å²) in [6, 6.07) is 1.76. The van der Waals surface area contributed by atoms with Crippen molar-refractivity contribution in [3.05, 3.63) is 40.7 Å². The molecule has 194 valence electrons. The van der Waals surface area contributed by atoms with Gasteiger partial charge in [-0.3, -0.25) is 4.90 Å². The number of fused-ring (bicyclic) bond motifs is 2. The minimum Gasteiger partial charge on any atom is -0.372 e. The number of hydrogen-bond acceptors (Lipinski definition) is 6. The van der Waals surface area contributed by atoms with Gasteiger partial charge >= 0.3 is 12.4 Å². The van der Waals surface area contributed by atoms with Gasteiger partial charge in [0.1, 0.15) is 5.88 Å². The van der Waals surface area contributed by atoms with Crippen LogP contribution in [0.25, 0.3) is 0 Å². The van der Waals surface area contributed by atoms with Crippen molar-refractivity contribution in [3.8, 4) is 0 Å². The van der Waals surface area contributed by atoms with Gasteiger partial charge in [0.05, 0.1) is 23.8 Å². The van der Waals surface area contributed by atoms with Crippen LogP contribution >= 0.6 is 11.8 Å². The van der Waals surface area contributed by atoms with Gasteiger partial charge in [-0.2, -0.15) is 31.1 Å². The summed E-state index contributed by atoms with van der Waals surface area (Å²) in [5.41, 5.74) is -3.29. The Bertz CT molecular complexity index is 1010. The zero-order valence-electron chi connectivity index (χ0n) is 19.5. The largest absolute Gasteiger partial charge is 0.416 e. The number of alkyl halides is 6. The highest BCUT2D eigenvalue weighted by Crippen LogP contribution is 2.51. The van der Waals surface area contributed by atoms with E-state index in [1.165, 1.54) is 0 Å². The molecule has 2 aromatic rings. The number of thioether (sulfide) groups is 1. The van der Waals surface area contributed by atoms with Crippen molar-refractivity contribution < 1.29 is 31.1 Å². The summed E-state index contributed by atoms with van der Waals surface area (Å²) < 4.78 is 85.4. The number of aromatic nitrogens is 4. The molecule has 2 aliphatic rings. The molecular formula is C22H27F6N5OS. The standard InChI is InChI=1S/C22H27F6N5OS/c1-4-32-17-5-6-18(20(32,2)10-16(17)19-29-31-33(30-19)12-35-3)34-11-13-7-14(21(23,24)25)9-15(8-13)22(26,27)28/h7-9,16-18H,4-6,10-12H2,1-3H3. The number of halogens is 6. The molecular weight excluding hydrogens is 496 g/mol. The van der Waals surface area contributed by atoms with Crippen molar-refractivity contribution in [2.75, 3.05) is 12.8 Å². The summed E-state index contributed by atoms with van der Waals surface area (Å²) >= 11 is 1.57. The Labute approximate surface area is 203 Å². The smallest absolute Gasteiger partial charge is 0.372 e. The average molecular weight is 524 g/mol. The van der Waals surface area contributed by atoms with Crippen LogP contribution in [0, 0.1) is 0 Å². The van der Waals surface area contributed by atoms with E-state index in [1.807, 2.05) is 20.1 Å². The van der Waals surface area contributed by atoms with Gasteiger partial charge in [0.2, 0.25) is 0 Å². The monoisotopic (exact) mass is 523 g/mol. The third kappa shape index (κ3) is 5.17. The SMILES string of the molecule is CCN1C2CCC(OCc3cc(C(F)(F)F)cc(C(F)(F)F)c3)C1(C)CC2c1nnn(CSC)n1. The van der Waals surface area contributed by atoms with Crippen LogP contribution in [0.15, 0.2) is 18.2 Å². The van der Waals surface area contributed by atoms with Crippen LogP contribution < -0.4 is 0 Å². The molecule has 0 N–H and O–H groups in total. The molecule has 0 radical (unpaired) electrons. The number of piperidine rings is 1. The highest BCUT2D eigenvalue weighted by Gasteiger charge is 2.57. The van der Waals surface area contributed by atoms with Crippen LogP contribution in [0.4, 0.5) is 26.3 Å². The van der Waals surface area contributed by atoms with Gasteiger partial charge in [-0.15, -0.1) is 22.0 Å². The molecule has 4 rings (SSSR count). The molecule has 3 heterocycles. The van der Waals surface area contributed by atoms with E-state index in [0.29, 0.717) is 24.5 Å². The lowest BCUT2D eigenvalue weighted by Crippen LogP contribution is -2.57. The number of likely N-dealkylation sites (N-methyl/N-ethyl adjacent to an activating group) is 1. The van der Waals surface area contributed by atoms with Crippen LogP contribution in [0.2, 0.25) is 0 Å². The lowest BCUT2D eigenvalue weighted by atomic mass is 9.86. The topological polar surface area (TPSA) is 56.1 Å². The van der Waals surface area contributed by atoms with Crippen LogP contribution in [-0.4, -0.2) is 55.6 Å². The minimum atomic E-state index is -4.89. The van der Waals surface area contributed by atoms with Crippen molar-refractivity contribution in [1.29, 1.82) is 0 Å². The van der Waals surface area contributed by atoms with Gasteiger partial charge in [-0.05, 0) is 68.0 Å². The first-order valence-electron chi connectivity index (χ1n) is 11.3.